The molecule has 3 heterocycles. The zero-order valence-electron chi connectivity index (χ0n) is 14.4. The number of amides is 2. The first-order valence-corrected chi connectivity index (χ1v) is 8.39. The van der Waals surface area contributed by atoms with Gasteiger partial charge >= 0.3 is 0 Å². The van der Waals surface area contributed by atoms with E-state index in [0.29, 0.717) is 22.9 Å². The highest BCUT2D eigenvalue weighted by molar-refractivity contribution is 6.01. The van der Waals surface area contributed by atoms with Crippen LogP contribution in [0.3, 0.4) is 0 Å². The summed E-state index contributed by atoms with van der Waals surface area (Å²) in [6.07, 6.45) is 0. The third-order valence-corrected chi connectivity index (χ3v) is 5.72. The summed E-state index contributed by atoms with van der Waals surface area (Å²) in [6, 6.07) is 5.36. The molecule has 0 saturated carbocycles. The van der Waals surface area contributed by atoms with Gasteiger partial charge in [-0.1, -0.05) is 6.92 Å². The predicted octanol–water partition coefficient (Wildman–Crippen LogP) is 1.07. The summed E-state index contributed by atoms with van der Waals surface area (Å²) in [4.78, 5) is 30.6. The molecule has 2 atom stereocenters. The van der Waals surface area contributed by atoms with Crippen molar-refractivity contribution >= 4 is 17.5 Å². The second-order valence-corrected chi connectivity index (χ2v) is 7.66. The number of benzene rings is 1. The van der Waals surface area contributed by atoms with Crippen molar-refractivity contribution in [1.82, 2.24) is 9.80 Å². The molecule has 0 bridgehead atoms. The molecule has 0 N–H and O–H groups in total. The van der Waals surface area contributed by atoms with Gasteiger partial charge in [-0.3, -0.25) is 9.59 Å². The van der Waals surface area contributed by atoms with E-state index in [1.165, 1.54) is 0 Å². The zero-order valence-corrected chi connectivity index (χ0v) is 14.4. The molecule has 2 fully saturated rings. The van der Waals surface area contributed by atoms with Crippen molar-refractivity contribution < 1.29 is 14.3 Å². The van der Waals surface area contributed by atoms with Gasteiger partial charge in [0.2, 0.25) is 0 Å². The molecule has 0 spiro atoms. The minimum atomic E-state index is -0.0987. The quantitative estimate of drug-likeness (QED) is 0.773. The van der Waals surface area contributed by atoms with Crippen LogP contribution in [0, 0.1) is 11.3 Å². The first-order chi connectivity index (χ1) is 11.4. The molecule has 6 nitrogen and oxygen atoms in total. The number of rotatable bonds is 1. The van der Waals surface area contributed by atoms with E-state index in [0.717, 1.165) is 26.2 Å². The van der Waals surface area contributed by atoms with Gasteiger partial charge in [0.1, 0.15) is 5.75 Å². The van der Waals surface area contributed by atoms with Gasteiger partial charge in [0, 0.05) is 44.2 Å². The topological polar surface area (TPSA) is 53.1 Å². The summed E-state index contributed by atoms with van der Waals surface area (Å²) in [5.41, 5.74) is 1.48. The Morgan fingerprint density at radius 2 is 2.04 bits per heavy atom. The number of hydrogen-bond acceptors (Lipinski definition) is 4. The Bertz CT molecular complexity index is 719. The number of hydrogen-bond donors (Lipinski definition) is 0. The number of carbonyl (C=O) groups is 2. The second-order valence-electron chi connectivity index (χ2n) is 7.66. The fourth-order valence-corrected chi connectivity index (χ4v) is 4.37. The number of nitrogens with zero attached hydrogens (tertiary/aromatic N) is 3. The highest BCUT2D eigenvalue weighted by Crippen LogP contribution is 2.42. The second kappa shape index (κ2) is 5.21. The van der Waals surface area contributed by atoms with Crippen LogP contribution in [0.1, 0.15) is 17.3 Å². The molecule has 0 unspecified atom stereocenters. The molecule has 24 heavy (non-hydrogen) atoms. The highest BCUT2D eigenvalue weighted by Gasteiger charge is 2.49. The van der Waals surface area contributed by atoms with Crippen LogP contribution >= 0.6 is 0 Å². The summed E-state index contributed by atoms with van der Waals surface area (Å²) in [6.45, 7) is 6.02. The Morgan fingerprint density at radius 3 is 2.79 bits per heavy atom. The molecule has 0 aliphatic carbocycles. The third kappa shape index (κ3) is 2.28. The Kier molecular flexibility index (Phi) is 3.35. The summed E-state index contributed by atoms with van der Waals surface area (Å²) in [7, 11) is 3.86. The third-order valence-electron chi connectivity index (χ3n) is 5.72. The van der Waals surface area contributed by atoms with Gasteiger partial charge in [0.05, 0.1) is 5.69 Å². The largest absolute Gasteiger partial charge is 0.482 e. The van der Waals surface area contributed by atoms with E-state index in [9.17, 15) is 9.59 Å². The minimum Gasteiger partial charge on any atom is -0.482 e. The molecular weight excluding hydrogens is 306 g/mol. The zero-order chi connectivity index (χ0) is 17.1. The van der Waals surface area contributed by atoms with Crippen LogP contribution in [0.5, 0.6) is 5.75 Å². The van der Waals surface area contributed by atoms with Crippen LogP contribution in [0.25, 0.3) is 0 Å². The fraction of sp³-hybridized carbons (Fsp3) is 0.556. The molecule has 128 valence electrons. The smallest absolute Gasteiger partial charge is 0.264 e. The van der Waals surface area contributed by atoms with E-state index in [1.54, 1.807) is 30.1 Å². The molecule has 0 radical (unpaired) electrons. The lowest BCUT2D eigenvalue weighted by Gasteiger charge is -2.27. The number of likely N-dealkylation sites (tertiary alicyclic amines) is 2. The van der Waals surface area contributed by atoms with Crippen LogP contribution in [-0.4, -0.2) is 68.5 Å². The average molecular weight is 329 g/mol. The number of fused-ring (bicyclic) bond motifs is 2. The molecule has 4 rings (SSSR count). The maximum atomic E-state index is 12.9. The fourth-order valence-electron chi connectivity index (χ4n) is 4.37. The first-order valence-electron chi connectivity index (χ1n) is 8.39. The van der Waals surface area contributed by atoms with Crippen LogP contribution in [0.2, 0.25) is 0 Å². The van der Waals surface area contributed by atoms with E-state index in [1.807, 2.05) is 4.90 Å². The van der Waals surface area contributed by atoms with Crippen molar-refractivity contribution in [2.24, 2.45) is 11.3 Å². The van der Waals surface area contributed by atoms with Gasteiger partial charge in [-0.2, -0.15) is 0 Å². The average Bonchev–Trinajstić information content (AvgIpc) is 3.00. The first kappa shape index (κ1) is 15.4. The standard InChI is InChI=1S/C18H23N3O3/c1-18-10-19(2)7-13(18)8-21(11-18)17(23)12-4-5-15-14(6-12)20(3)16(22)9-24-15/h4-6,13H,7-11H2,1-3H3/t13-,18+/m1/s1. The van der Waals surface area contributed by atoms with Crippen molar-refractivity contribution in [2.75, 3.05) is 51.8 Å². The summed E-state index contributed by atoms with van der Waals surface area (Å²) in [5.74, 6) is 1.14. The van der Waals surface area contributed by atoms with Gasteiger partial charge in [0.25, 0.3) is 11.8 Å². The molecule has 6 heteroatoms. The Hall–Kier alpha value is -2.08. The van der Waals surface area contributed by atoms with Gasteiger partial charge in [-0.25, -0.2) is 0 Å². The van der Waals surface area contributed by atoms with E-state index in [-0.39, 0.29) is 23.8 Å². The summed E-state index contributed by atoms with van der Waals surface area (Å²) < 4.78 is 5.43. The van der Waals surface area contributed by atoms with E-state index >= 15 is 0 Å². The van der Waals surface area contributed by atoms with E-state index in [2.05, 4.69) is 18.9 Å². The summed E-state index contributed by atoms with van der Waals surface area (Å²) in [5, 5.41) is 0. The molecule has 1 aromatic carbocycles. The normalized spacial score (nSPS) is 29.5. The Morgan fingerprint density at radius 1 is 1.25 bits per heavy atom. The lowest BCUT2D eigenvalue weighted by molar-refractivity contribution is -0.120. The van der Waals surface area contributed by atoms with Crippen LogP contribution < -0.4 is 9.64 Å². The van der Waals surface area contributed by atoms with Crippen LogP contribution in [0.15, 0.2) is 18.2 Å². The maximum absolute atomic E-state index is 12.9. The Labute approximate surface area is 142 Å². The van der Waals surface area contributed by atoms with E-state index in [4.69, 9.17) is 4.74 Å². The van der Waals surface area contributed by atoms with Crippen molar-refractivity contribution in [1.29, 1.82) is 0 Å². The lowest BCUT2D eigenvalue weighted by Crippen LogP contribution is -2.36. The number of ether oxygens (including phenoxy) is 1. The van der Waals surface area contributed by atoms with Gasteiger partial charge in [-0.05, 0) is 31.2 Å². The maximum Gasteiger partial charge on any atom is 0.264 e. The predicted molar refractivity (Wildman–Crippen MR) is 90.3 cm³/mol. The van der Waals surface area contributed by atoms with Crippen molar-refractivity contribution in [2.45, 2.75) is 6.92 Å². The number of carbonyl (C=O) groups excluding carboxylic acids is 2. The van der Waals surface area contributed by atoms with Gasteiger partial charge in [0.15, 0.2) is 6.61 Å². The molecule has 1 aromatic rings. The molecular formula is C18H23N3O3. The SMILES string of the molecule is CN1C[C@@H]2CN(C(=O)c3ccc4c(c3)N(C)C(=O)CO4)C[C@]2(C)C1. The lowest BCUT2D eigenvalue weighted by atomic mass is 9.83. The van der Waals surface area contributed by atoms with Gasteiger partial charge < -0.3 is 19.4 Å². The molecule has 2 amide bonds. The molecule has 2 saturated heterocycles. The summed E-state index contributed by atoms with van der Waals surface area (Å²) >= 11 is 0. The molecule has 0 aromatic heterocycles. The highest BCUT2D eigenvalue weighted by atomic mass is 16.5. The monoisotopic (exact) mass is 329 g/mol. The number of likely N-dealkylation sites (N-methyl/N-ethyl adjacent to an activating group) is 1. The van der Waals surface area contributed by atoms with Gasteiger partial charge in [-0.15, -0.1) is 0 Å². The van der Waals surface area contributed by atoms with E-state index < -0.39 is 0 Å². The van der Waals surface area contributed by atoms with Crippen molar-refractivity contribution in [3.63, 3.8) is 0 Å². The van der Waals surface area contributed by atoms with Crippen molar-refractivity contribution in [3.05, 3.63) is 23.8 Å². The van der Waals surface area contributed by atoms with Crippen LogP contribution in [-0.2, 0) is 4.79 Å². The van der Waals surface area contributed by atoms with Crippen molar-refractivity contribution in [3.8, 4) is 5.75 Å². The molecule has 3 aliphatic rings. The molecule has 3 aliphatic heterocycles. The minimum absolute atomic E-state index is 0.0440. The van der Waals surface area contributed by atoms with Crippen LogP contribution in [0.4, 0.5) is 5.69 Å². The number of anilines is 1. The Balaban J connectivity index is 1.57.